The van der Waals surface area contributed by atoms with Crippen molar-refractivity contribution < 1.29 is 14.4 Å². The summed E-state index contributed by atoms with van der Waals surface area (Å²) < 4.78 is 2.85. The Kier molecular flexibility index (Phi) is 6.59. The minimum Gasteiger partial charge on any atom is -0.338 e. The molecule has 35 heavy (non-hydrogen) atoms. The van der Waals surface area contributed by atoms with Crippen LogP contribution in [0.2, 0.25) is 0 Å². The van der Waals surface area contributed by atoms with E-state index in [1.807, 2.05) is 52.9 Å². The normalized spacial score (nSPS) is 19.9. The molecule has 1 atom stereocenters. The molecule has 1 aromatic heterocycles. The number of benzene rings is 2. The number of halogens is 1. The fraction of sp³-hybridized carbons (Fsp3) is 0.296. The molecule has 2 aliphatic heterocycles. The maximum atomic E-state index is 13.2. The lowest BCUT2D eigenvalue weighted by molar-refractivity contribution is -0.135. The fourth-order valence-corrected chi connectivity index (χ4v) is 5.97. The Morgan fingerprint density at radius 2 is 1.91 bits per heavy atom. The zero-order chi connectivity index (χ0) is 24.7. The number of amides is 3. The number of aryl methyl sites for hydroxylation is 1. The van der Waals surface area contributed by atoms with Crippen LogP contribution in [0.1, 0.15) is 37.3 Å². The van der Waals surface area contributed by atoms with Gasteiger partial charge in [0, 0.05) is 39.7 Å². The summed E-state index contributed by atoms with van der Waals surface area (Å²) in [7, 11) is 0. The summed E-state index contributed by atoms with van der Waals surface area (Å²) in [5.41, 5.74) is 3.33. The zero-order valence-corrected chi connectivity index (χ0v) is 22.1. The number of hydrogen-bond donors (Lipinski definition) is 0. The topological polar surface area (TPSA) is 62.6 Å². The molecule has 5 rings (SSSR count). The summed E-state index contributed by atoms with van der Waals surface area (Å²) >= 11 is 4.47. The fourth-order valence-electron chi connectivity index (χ4n) is 4.77. The van der Waals surface area contributed by atoms with E-state index in [9.17, 15) is 14.4 Å². The molecule has 3 aromatic rings. The predicted octanol–water partition coefficient (Wildman–Crippen LogP) is 6.35. The van der Waals surface area contributed by atoms with Gasteiger partial charge in [-0.05, 0) is 81.3 Å². The Hall–Kier alpha value is -2.84. The van der Waals surface area contributed by atoms with Crippen molar-refractivity contribution in [3.8, 4) is 0 Å². The van der Waals surface area contributed by atoms with Crippen molar-refractivity contribution in [2.75, 3.05) is 11.4 Å². The minimum absolute atomic E-state index is 0.100. The molecule has 3 amide bonds. The van der Waals surface area contributed by atoms with Crippen LogP contribution in [0.3, 0.4) is 0 Å². The summed E-state index contributed by atoms with van der Waals surface area (Å²) in [5.74, 6) is -0.235. The van der Waals surface area contributed by atoms with Gasteiger partial charge in [-0.15, -0.1) is 0 Å². The number of fused-ring (bicyclic) bond motifs is 1. The molecule has 0 radical (unpaired) electrons. The van der Waals surface area contributed by atoms with Gasteiger partial charge in [-0.2, -0.15) is 0 Å². The smallest absolute Gasteiger partial charge is 0.298 e. The number of piperidine rings is 1. The van der Waals surface area contributed by atoms with Crippen LogP contribution in [0.25, 0.3) is 17.0 Å². The predicted molar refractivity (Wildman–Crippen MR) is 144 cm³/mol. The highest BCUT2D eigenvalue weighted by Crippen LogP contribution is 2.37. The maximum Gasteiger partial charge on any atom is 0.298 e. The van der Waals surface area contributed by atoms with Gasteiger partial charge in [-0.25, -0.2) is 4.90 Å². The third-order valence-corrected chi connectivity index (χ3v) is 8.04. The number of likely N-dealkylation sites (tertiary alicyclic amines) is 1. The van der Waals surface area contributed by atoms with E-state index in [-0.39, 0.29) is 29.6 Å². The molecular formula is C27H26BrN3O3S. The van der Waals surface area contributed by atoms with Crippen molar-refractivity contribution in [2.45, 2.75) is 45.7 Å². The standard InChI is InChI=1S/C27H26BrN3O3S/c1-17-6-9-21(10-7-17)31-26(33)24(35-27(31)34)13-19-15-29(23-11-8-20(28)14-22(19)23)16-25(32)30-12-4-3-5-18(30)2/h6-11,13-15,18H,3-5,12,16H2,1-2H3/b24-13-/t18-/m0/s1. The van der Waals surface area contributed by atoms with E-state index in [1.54, 1.807) is 18.2 Å². The van der Waals surface area contributed by atoms with Crippen LogP contribution in [0.15, 0.2) is 58.0 Å². The molecule has 8 heteroatoms. The van der Waals surface area contributed by atoms with Crippen molar-refractivity contribution in [2.24, 2.45) is 0 Å². The SMILES string of the molecule is Cc1ccc(N2C(=O)S/C(=C\c3cn(CC(=O)N4CCCC[C@@H]4C)c4ccc(Br)cc34)C2=O)cc1. The zero-order valence-electron chi connectivity index (χ0n) is 19.7. The summed E-state index contributed by atoms with van der Waals surface area (Å²) in [6.07, 6.45) is 6.90. The second kappa shape index (κ2) is 9.66. The first-order valence-corrected chi connectivity index (χ1v) is 13.4. The van der Waals surface area contributed by atoms with Crippen LogP contribution in [0, 0.1) is 6.92 Å². The molecule has 3 heterocycles. The van der Waals surface area contributed by atoms with Gasteiger partial charge < -0.3 is 9.47 Å². The van der Waals surface area contributed by atoms with E-state index in [4.69, 9.17) is 0 Å². The highest BCUT2D eigenvalue weighted by Gasteiger charge is 2.36. The molecule has 0 spiro atoms. The number of carbonyl (C=O) groups is 3. The average molecular weight is 552 g/mol. The Morgan fingerprint density at radius 1 is 1.14 bits per heavy atom. The van der Waals surface area contributed by atoms with E-state index in [1.165, 1.54) is 4.90 Å². The van der Waals surface area contributed by atoms with E-state index < -0.39 is 0 Å². The Labute approximate surface area is 217 Å². The molecule has 2 aromatic carbocycles. The second-order valence-electron chi connectivity index (χ2n) is 9.16. The summed E-state index contributed by atoms with van der Waals surface area (Å²) in [5, 5.41) is 0.602. The van der Waals surface area contributed by atoms with E-state index in [0.717, 1.165) is 64.1 Å². The summed E-state index contributed by atoms with van der Waals surface area (Å²) in [6, 6.07) is 13.5. The Bertz CT molecular complexity index is 1360. The Morgan fingerprint density at radius 3 is 2.66 bits per heavy atom. The van der Waals surface area contributed by atoms with Gasteiger partial charge >= 0.3 is 0 Å². The van der Waals surface area contributed by atoms with Crippen molar-refractivity contribution in [3.63, 3.8) is 0 Å². The van der Waals surface area contributed by atoms with Gasteiger partial charge in [0.25, 0.3) is 11.1 Å². The number of hydrogen-bond acceptors (Lipinski definition) is 4. The van der Waals surface area contributed by atoms with Crippen LogP contribution in [-0.2, 0) is 16.1 Å². The number of nitrogens with zero attached hydrogens (tertiary/aromatic N) is 3. The van der Waals surface area contributed by atoms with Crippen molar-refractivity contribution in [3.05, 3.63) is 69.2 Å². The van der Waals surface area contributed by atoms with Crippen LogP contribution in [0.4, 0.5) is 10.5 Å². The summed E-state index contributed by atoms with van der Waals surface area (Å²) in [4.78, 5) is 42.6. The minimum atomic E-state index is -0.335. The molecule has 6 nitrogen and oxygen atoms in total. The Balaban J connectivity index is 1.48. The molecule has 180 valence electrons. The van der Waals surface area contributed by atoms with Crippen LogP contribution < -0.4 is 4.90 Å². The molecule has 0 N–H and O–H groups in total. The molecule has 0 aliphatic carbocycles. The number of aromatic nitrogens is 1. The largest absolute Gasteiger partial charge is 0.338 e. The maximum absolute atomic E-state index is 13.2. The first-order valence-electron chi connectivity index (χ1n) is 11.7. The van der Waals surface area contributed by atoms with Crippen LogP contribution in [0.5, 0.6) is 0 Å². The lowest BCUT2D eigenvalue weighted by atomic mass is 10.0. The van der Waals surface area contributed by atoms with Crippen molar-refractivity contribution in [1.29, 1.82) is 0 Å². The summed E-state index contributed by atoms with van der Waals surface area (Å²) in [6.45, 7) is 5.10. The lowest BCUT2D eigenvalue weighted by Crippen LogP contribution is -2.43. The number of rotatable bonds is 4. The van der Waals surface area contributed by atoms with Crippen LogP contribution in [-0.4, -0.2) is 39.1 Å². The average Bonchev–Trinajstić information content (AvgIpc) is 3.30. The van der Waals surface area contributed by atoms with Gasteiger partial charge in [0.15, 0.2) is 0 Å². The van der Waals surface area contributed by atoms with Crippen molar-refractivity contribution >= 4 is 67.4 Å². The van der Waals surface area contributed by atoms with Gasteiger partial charge in [-0.3, -0.25) is 14.4 Å². The van der Waals surface area contributed by atoms with E-state index in [0.29, 0.717) is 10.6 Å². The van der Waals surface area contributed by atoms with Crippen LogP contribution >= 0.6 is 27.7 Å². The number of thioether (sulfide) groups is 1. The first-order chi connectivity index (χ1) is 16.8. The highest BCUT2D eigenvalue weighted by molar-refractivity contribution is 9.10. The monoisotopic (exact) mass is 551 g/mol. The van der Waals surface area contributed by atoms with Gasteiger partial charge in [0.2, 0.25) is 5.91 Å². The van der Waals surface area contributed by atoms with Crippen molar-refractivity contribution in [1.82, 2.24) is 9.47 Å². The van der Waals surface area contributed by atoms with E-state index >= 15 is 0 Å². The quantitative estimate of drug-likeness (QED) is 0.354. The molecule has 2 aliphatic rings. The molecule has 2 saturated heterocycles. The molecule has 0 bridgehead atoms. The number of anilines is 1. The molecule has 0 unspecified atom stereocenters. The third kappa shape index (κ3) is 4.69. The van der Waals surface area contributed by atoms with Gasteiger partial charge in [0.1, 0.15) is 6.54 Å². The highest BCUT2D eigenvalue weighted by atomic mass is 79.9. The molecular weight excluding hydrogens is 526 g/mol. The number of carbonyl (C=O) groups excluding carboxylic acids is 3. The first kappa shape index (κ1) is 23.9. The van der Waals surface area contributed by atoms with Gasteiger partial charge in [0.05, 0.1) is 10.6 Å². The number of imide groups is 1. The molecule has 2 fully saturated rings. The van der Waals surface area contributed by atoms with E-state index in [2.05, 4.69) is 22.9 Å². The second-order valence-corrected chi connectivity index (χ2v) is 11.1. The third-order valence-electron chi connectivity index (χ3n) is 6.68. The molecule has 0 saturated carbocycles. The lowest BCUT2D eigenvalue weighted by Gasteiger charge is -2.33. The van der Waals surface area contributed by atoms with Gasteiger partial charge in [-0.1, -0.05) is 33.6 Å².